The van der Waals surface area contributed by atoms with Gasteiger partial charge >= 0.3 is 0 Å². The van der Waals surface area contributed by atoms with Gasteiger partial charge in [0.05, 0.1) is 7.11 Å². The van der Waals surface area contributed by atoms with Crippen LogP contribution in [0.25, 0.3) is 0 Å². The molecule has 1 aliphatic carbocycles. The molecule has 1 N–H and O–H groups in total. The highest BCUT2D eigenvalue weighted by Crippen LogP contribution is 2.37. The van der Waals surface area contributed by atoms with Crippen molar-refractivity contribution in [2.24, 2.45) is 0 Å². The Labute approximate surface area is 169 Å². The highest BCUT2D eigenvalue weighted by Gasteiger charge is 2.22. The monoisotopic (exact) mass is 389 g/mol. The van der Waals surface area contributed by atoms with Crippen LogP contribution in [0.2, 0.25) is 0 Å². The molecule has 0 radical (unpaired) electrons. The first kappa shape index (κ1) is 19.0. The van der Waals surface area contributed by atoms with Crippen LogP contribution in [0.3, 0.4) is 0 Å². The Bertz CT molecular complexity index is 836. The van der Waals surface area contributed by atoms with E-state index in [0.29, 0.717) is 6.04 Å². The largest absolute Gasteiger partial charge is 0.497 e. The molecule has 0 saturated heterocycles. The van der Waals surface area contributed by atoms with Gasteiger partial charge in [0.15, 0.2) is 0 Å². The van der Waals surface area contributed by atoms with Crippen LogP contribution in [0.4, 0.5) is 5.69 Å². The number of nitrogens with one attached hydrogen (secondary N) is 1. The van der Waals surface area contributed by atoms with E-state index in [0.717, 1.165) is 5.75 Å². The van der Waals surface area contributed by atoms with Gasteiger partial charge in [-0.25, -0.2) is 0 Å². The van der Waals surface area contributed by atoms with E-state index in [2.05, 4.69) is 84.2 Å². The fourth-order valence-corrected chi connectivity index (χ4v) is 6.43. The van der Waals surface area contributed by atoms with Crippen molar-refractivity contribution >= 4 is 29.5 Å². The molecule has 28 heavy (non-hydrogen) atoms. The van der Waals surface area contributed by atoms with Gasteiger partial charge in [-0.2, -0.15) is 0 Å². The van der Waals surface area contributed by atoms with E-state index in [1.54, 1.807) is 7.11 Å². The van der Waals surface area contributed by atoms with E-state index in [4.69, 9.17) is 4.74 Å². The molecule has 4 rings (SSSR count). The van der Waals surface area contributed by atoms with Crippen LogP contribution in [-0.4, -0.2) is 13.2 Å². The van der Waals surface area contributed by atoms with Crippen molar-refractivity contribution in [3.63, 3.8) is 0 Å². The standard InChI is InChI=1S/C25H28NOP/c1-27-21-17-18-24(26-20-11-5-2-6-12-20)25(19-21)28(22-13-7-3-8-14-22)23-15-9-4-10-16-23/h3-4,7-10,13-20,26H,2,5-6,11-12H2,1H3. The van der Waals surface area contributed by atoms with Gasteiger partial charge in [-0.05, 0) is 49.6 Å². The van der Waals surface area contributed by atoms with E-state index in [1.165, 1.54) is 53.7 Å². The molecule has 1 fully saturated rings. The average Bonchev–Trinajstić information content (AvgIpc) is 2.77. The zero-order valence-electron chi connectivity index (χ0n) is 16.5. The third-order valence-corrected chi connectivity index (χ3v) is 7.92. The van der Waals surface area contributed by atoms with E-state index in [9.17, 15) is 0 Å². The Morgan fingerprint density at radius 3 is 1.96 bits per heavy atom. The molecule has 3 heteroatoms. The number of hydrogen-bond donors (Lipinski definition) is 1. The van der Waals surface area contributed by atoms with Gasteiger partial charge in [-0.3, -0.25) is 0 Å². The van der Waals surface area contributed by atoms with Crippen LogP contribution < -0.4 is 26.0 Å². The van der Waals surface area contributed by atoms with Crippen LogP contribution >= 0.6 is 7.92 Å². The predicted molar refractivity (Wildman–Crippen MR) is 122 cm³/mol. The Morgan fingerprint density at radius 2 is 1.39 bits per heavy atom. The molecule has 3 aromatic carbocycles. The molecular formula is C25H28NOP. The van der Waals surface area contributed by atoms with Crippen molar-refractivity contribution in [3.8, 4) is 5.75 Å². The van der Waals surface area contributed by atoms with Gasteiger partial charge in [-0.15, -0.1) is 0 Å². The molecule has 1 aliphatic rings. The summed E-state index contributed by atoms with van der Waals surface area (Å²) >= 11 is 0. The SMILES string of the molecule is COc1ccc(NC2CCCCC2)c(P(c2ccccc2)c2ccccc2)c1. The molecule has 0 amide bonds. The minimum absolute atomic E-state index is 0.573. The molecule has 0 aromatic heterocycles. The first-order chi connectivity index (χ1) is 13.8. The number of benzene rings is 3. The van der Waals surface area contributed by atoms with E-state index in [1.807, 2.05) is 0 Å². The summed E-state index contributed by atoms with van der Waals surface area (Å²) in [7, 11) is 1.09. The molecule has 2 nitrogen and oxygen atoms in total. The van der Waals surface area contributed by atoms with Crippen molar-refractivity contribution in [1.82, 2.24) is 0 Å². The quantitative estimate of drug-likeness (QED) is 0.585. The molecule has 0 atom stereocenters. The second-order valence-electron chi connectivity index (χ2n) is 7.37. The van der Waals surface area contributed by atoms with Crippen molar-refractivity contribution in [2.75, 3.05) is 12.4 Å². The summed E-state index contributed by atoms with van der Waals surface area (Å²) in [6.07, 6.45) is 6.55. The highest BCUT2D eigenvalue weighted by molar-refractivity contribution is 7.80. The maximum absolute atomic E-state index is 5.60. The fourth-order valence-electron chi connectivity index (χ4n) is 3.99. The van der Waals surface area contributed by atoms with E-state index < -0.39 is 7.92 Å². The maximum Gasteiger partial charge on any atom is 0.119 e. The Hall–Kier alpha value is -2.31. The summed E-state index contributed by atoms with van der Waals surface area (Å²) in [5, 5.41) is 7.96. The minimum Gasteiger partial charge on any atom is -0.497 e. The van der Waals surface area contributed by atoms with Gasteiger partial charge in [0.1, 0.15) is 5.75 Å². The lowest BCUT2D eigenvalue weighted by Gasteiger charge is -2.28. The molecule has 0 spiro atoms. The van der Waals surface area contributed by atoms with Crippen molar-refractivity contribution < 1.29 is 4.74 Å². The number of methoxy groups -OCH3 is 1. The first-order valence-electron chi connectivity index (χ1n) is 10.2. The lowest BCUT2D eigenvalue weighted by Crippen LogP contribution is -2.28. The maximum atomic E-state index is 5.60. The van der Waals surface area contributed by atoms with Gasteiger partial charge in [-0.1, -0.05) is 79.9 Å². The molecule has 144 valence electrons. The molecule has 3 aromatic rings. The second kappa shape index (κ2) is 9.26. The Morgan fingerprint density at radius 1 is 0.786 bits per heavy atom. The smallest absolute Gasteiger partial charge is 0.119 e. The van der Waals surface area contributed by atoms with E-state index in [-0.39, 0.29) is 0 Å². The molecule has 0 bridgehead atoms. The number of hydrogen-bond acceptors (Lipinski definition) is 2. The first-order valence-corrected chi connectivity index (χ1v) is 11.5. The summed E-state index contributed by atoms with van der Waals surface area (Å²) in [5.41, 5.74) is 1.26. The lowest BCUT2D eigenvalue weighted by atomic mass is 9.95. The Balaban J connectivity index is 1.80. The Kier molecular flexibility index (Phi) is 6.29. The van der Waals surface area contributed by atoms with E-state index >= 15 is 0 Å². The van der Waals surface area contributed by atoms with Gasteiger partial charge in [0.25, 0.3) is 0 Å². The third-order valence-electron chi connectivity index (χ3n) is 5.44. The number of rotatable bonds is 6. The zero-order chi connectivity index (χ0) is 19.2. The van der Waals surface area contributed by atoms with Gasteiger partial charge in [0.2, 0.25) is 0 Å². The molecule has 0 unspecified atom stereocenters. The summed E-state index contributed by atoms with van der Waals surface area (Å²) in [6, 6.07) is 28.9. The summed E-state index contributed by atoms with van der Waals surface area (Å²) < 4.78 is 5.60. The normalized spacial score (nSPS) is 14.8. The van der Waals surface area contributed by atoms with Crippen LogP contribution in [0.1, 0.15) is 32.1 Å². The topological polar surface area (TPSA) is 21.3 Å². The van der Waals surface area contributed by atoms with Crippen molar-refractivity contribution in [2.45, 2.75) is 38.1 Å². The minimum atomic E-state index is -0.658. The highest BCUT2D eigenvalue weighted by atomic mass is 31.1. The lowest BCUT2D eigenvalue weighted by molar-refractivity contribution is 0.415. The zero-order valence-corrected chi connectivity index (χ0v) is 17.4. The molecule has 0 aliphatic heterocycles. The van der Waals surface area contributed by atoms with Crippen LogP contribution in [0, 0.1) is 0 Å². The van der Waals surface area contributed by atoms with Crippen LogP contribution in [-0.2, 0) is 0 Å². The number of ether oxygens (including phenoxy) is 1. The summed E-state index contributed by atoms with van der Waals surface area (Å²) in [4.78, 5) is 0. The van der Waals surface area contributed by atoms with Crippen molar-refractivity contribution in [1.29, 1.82) is 0 Å². The average molecular weight is 389 g/mol. The van der Waals surface area contributed by atoms with Crippen LogP contribution in [0.5, 0.6) is 5.75 Å². The van der Waals surface area contributed by atoms with Crippen molar-refractivity contribution in [3.05, 3.63) is 78.9 Å². The predicted octanol–water partition coefficient (Wildman–Crippen LogP) is 5.20. The summed E-state index contributed by atoms with van der Waals surface area (Å²) in [5.74, 6) is 0.920. The van der Waals surface area contributed by atoms with Gasteiger partial charge < -0.3 is 10.1 Å². The third kappa shape index (κ3) is 4.39. The fraction of sp³-hybridized carbons (Fsp3) is 0.280. The molecule has 0 heterocycles. The number of anilines is 1. The molecule has 1 saturated carbocycles. The van der Waals surface area contributed by atoms with Gasteiger partial charge in [0, 0.05) is 17.0 Å². The molecular weight excluding hydrogens is 361 g/mol. The summed E-state index contributed by atoms with van der Waals surface area (Å²) in [6.45, 7) is 0. The van der Waals surface area contributed by atoms with Crippen LogP contribution in [0.15, 0.2) is 78.9 Å². The second-order valence-corrected chi connectivity index (χ2v) is 9.55.